The van der Waals surface area contributed by atoms with Crippen LogP contribution in [-0.4, -0.2) is 46.8 Å². The van der Waals surface area contributed by atoms with Crippen molar-refractivity contribution in [3.8, 4) is 0 Å². The van der Waals surface area contributed by atoms with Gasteiger partial charge >= 0.3 is 5.97 Å². The molecule has 0 aliphatic carbocycles. The number of aryl methyl sites for hydroxylation is 1. The molecule has 2 N–H and O–H groups in total. The van der Waals surface area contributed by atoms with Gasteiger partial charge in [0.15, 0.2) is 6.61 Å². The predicted octanol–water partition coefficient (Wildman–Crippen LogP) is 1.89. The summed E-state index contributed by atoms with van der Waals surface area (Å²) in [5.41, 5.74) is 4.84. The van der Waals surface area contributed by atoms with E-state index in [4.69, 9.17) is 4.74 Å². The lowest BCUT2D eigenvalue weighted by Crippen LogP contribution is -2.43. The minimum atomic E-state index is -0.844. The smallest absolute Gasteiger partial charge is 0.311 e. The van der Waals surface area contributed by atoms with Crippen molar-refractivity contribution in [2.75, 3.05) is 18.5 Å². The first-order valence-electron chi connectivity index (χ1n) is 10.0. The molecular formula is C22H22N4O7. The third-order valence-corrected chi connectivity index (χ3v) is 5.26. The molecule has 1 fully saturated rings. The molecule has 2 aromatic rings. The standard InChI is InChI=1S/C22H22N4O7/c1-13-4-3-5-18(14(13)2)23-19(27)12-33-22(30)16-10-20(28)25(11-16)24-21(29)15-6-8-17(9-7-15)26(31)32/h3-9,16H,10-12H2,1-2H3,(H,23,27)(H,24,29)/t16-/m1/s1. The normalized spacial score (nSPS) is 15.2. The molecule has 0 radical (unpaired) electrons. The first kappa shape index (κ1) is 23.4. The van der Waals surface area contributed by atoms with Crippen LogP contribution in [0.2, 0.25) is 0 Å². The zero-order valence-corrected chi connectivity index (χ0v) is 18.0. The van der Waals surface area contributed by atoms with E-state index in [0.717, 1.165) is 16.1 Å². The molecule has 1 aliphatic heterocycles. The second kappa shape index (κ2) is 9.90. The van der Waals surface area contributed by atoms with Gasteiger partial charge in [-0.1, -0.05) is 12.1 Å². The molecule has 11 heteroatoms. The van der Waals surface area contributed by atoms with Crippen molar-refractivity contribution in [1.82, 2.24) is 10.4 Å². The molecule has 0 unspecified atom stereocenters. The quantitative estimate of drug-likeness (QED) is 0.369. The summed E-state index contributed by atoms with van der Waals surface area (Å²) < 4.78 is 5.05. The highest BCUT2D eigenvalue weighted by atomic mass is 16.6. The number of nitro benzene ring substituents is 1. The average Bonchev–Trinajstić information content (AvgIpc) is 3.15. The Morgan fingerprint density at radius 1 is 1.15 bits per heavy atom. The molecule has 2 aromatic carbocycles. The Hall–Kier alpha value is -4.28. The van der Waals surface area contributed by atoms with E-state index < -0.39 is 41.1 Å². The zero-order chi connectivity index (χ0) is 24.1. The van der Waals surface area contributed by atoms with E-state index in [9.17, 15) is 29.3 Å². The van der Waals surface area contributed by atoms with Crippen molar-refractivity contribution in [2.45, 2.75) is 20.3 Å². The van der Waals surface area contributed by atoms with Crippen molar-refractivity contribution >= 4 is 35.1 Å². The number of hydrogen-bond acceptors (Lipinski definition) is 7. The molecule has 1 saturated heterocycles. The number of anilines is 1. The van der Waals surface area contributed by atoms with Crippen LogP contribution in [0, 0.1) is 29.9 Å². The van der Waals surface area contributed by atoms with E-state index in [0.29, 0.717) is 5.69 Å². The molecule has 0 spiro atoms. The molecule has 33 heavy (non-hydrogen) atoms. The highest BCUT2D eigenvalue weighted by Crippen LogP contribution is 2.20. The van der Waals surface area contributed by atoms with Gasteiger partial charge in [0.05, 0.1) is 17.4 Å². The van der Waals surface area contributed by atoms with Gasteiger partial charge in [0.25, 0.3) is 17.5 Å². The molecule has 1 heterocycles. The Morgan fingerprint density at radius 2 is 1.85 bits per heavy atom. The highest BCUT2D eigenvalue weighted by molar-refractivity contribution is 5.97. The maximum Gasteiger partial charge on any atom is 0.311 e. The molecule has 3 amide bonds. The van der Waals surface area contributed by atoms with Crippen LogP contribution in [0.3, 0.4) is 0 Å². The van der Waals surface area contributed by atoms with Crippen LogP contribution >= 0.6 is 0 Å². The first-order chi connectivity index (χ1) is 15.7. The number of non-ortho nitro benzene ring substituents is 1. The number of rotatable bonds is 7. The van der Waals surface area contributed by atoms with Crippen LogP contribution in [0.15, 0.2) is 42.5 Å². The molecule has 0 saturated carbocycles. The number of benzene rings is 2. The third-order valence-electron chi connectivity index (χ3n) is 5.26. The highest BCUT2D eigenvalue weighted by Gasteiger charge is 2.36. The van der Waals surface area contributed by atoms with Gasteiger partial charge in [-0.3, -0.25) is 39.7 Å². The Balaban J connectivity index is 1.50. The molecule has 1 atom stereocenters. The molecular weight excluding hydrogens is 432 g/mol. The van der Waals surface area contributed by atoms with Crippen molar-refractivity contribution in [3.63, 3.8) is 0 Å². The summed E-state index contributed by atoms with van der Waals surface area (Å²) >= 11 is 0. The fraction of sp³-hybridized carbons (Fsp3) is 0.273. The van der Waals surface area contributed by atoms with Crippen LogP contribution < -0.4 is 10.7 Å². The van der Waals surface area contributed by atoms with Gasteiger partial charge < -0.3 is 10.1 Å². The lowest BCUT2D eigenvalue weighted by molar-refractivity contribution is -0.384. The van der Waals surface area contributed by atoms with Crippen molar-refractivity contribution in [1.29, 1.82) is 0 Å². The van der Waals surface area contributed by atoms with Crippen LogP contribution in [0.1, 0.15) is 27.9 Å². The molecule has 3 rings (SSSR count). The Labute approximate surface area is 188 Å². The second-order valence-corrected chi connectivity index (χ2v) is 7.55. The lowest BCUT2D eigenvalue weighted by atomic mass is 10.1. The zero-order valence-electron chi connectivity index (χ0n) is 18.0. The number of amides is 3. The summed E-state index contributed by atoms with van der Waals surface area (Å²) in [5, 5.41) is 14.4. The topological polar surface area (TPSA) is 148 Å². The van der Waals surface area contributed by atoms with Gasteiger partial charge in [-0.15, -0.1) is 0 Å². The maximum absolute atomic E-state index is 12.3. The van der Waals surface area contributed by atoms with Crippen molar-refractivity contribution in [2.24, 2.45) is 5.92 Å². The van der Waals surface area contributed by atoms with Crippen LogP contribution in [-0.2, 0) is 19.1 Å². The molecule has 0 aromatic heterocycles. The molecule has 0 bridgehead atoms. The minimum absolute atomic E-state index is 0.113. The number of hydrazine groups is 1. The monoisotopic (exact) mass is 454 g/mol. The summed E-state index contributed by atoms with van der Waals surface area (Å²) in [6.07, 6.45) is -0.183. The largest absolute Gasteiger partial charge is 0.455 e. The van der Waals surface area contributed by atoms with E-state index in [1.54, 1.807) is 12.1 Å². The molecule has 172 valence electrons. The lowest BCUT2D eigenvalue weighted by Gasteiger charge is -2.17. The number of nitro groups is 1. The van der Waals surface area contributed by atoms with Gasteiger partial charge in [0.1, 0.15) is 0 Å². The number of carbonyl (C=O) groups excluding carboxylic acids is 4. The fourth-order valence-corrected chi connectivity index (χ4v) is 3.22. The number of ether oxygens (including phenoxy) is 1. The number of hydrogen-bond donors (Lipinski definition) is 2. The van der Waals surface area contributed by atoms with Crippen molar-refractivity contribution < 1.29 is 28.8 Å². The van der Waals surface area contributed by atoms with Gasteiger partial charge in [-0.05, 0) is 43.2 Å². The van der Waals surface area contributed by atoms with E-state index in [2.05, 4.69) is 10.7 Å². The number of carbonyl (C=O) groups is 4. The van der Waals surface area contributed by atoms with Gasteiger partial charge in [-0.2, -0.15) is 0 Å². The predicted molar refractivity (Wildman–Crippen MR) is 116 cm³/mol. The summed E-state index contributed by atoms with van der Waals surface area (Å²) in [4.78, 5) is 59.0. The Bertz CT molecular complexity index is 1110. The van der Waals surface area contributed by atoms with Crippen LogP contribution in [0.4, 0.5) is 11.4 Å². The van der Waals surface area contributed by atoms with Crippen molar-refractivity contribution in [3.05, 3.63) is 69.3 Å². The minimum Gasteiger partial charge on any atom is -0.455 e. The summed E-state index contributed by atoms with van der Waals surface area (Å²) in [5.74, 6) is -3.23. The molecule has 11 nitrogen and oxygen atoms in total. The third kappa shape index (κ3) is 5.70. The maximum atomic E-state index is 12.3. The number of nitrogens with zero attached hydrogens (tertiary/aromatic N) is 2. The summed E-state index contributed by atoms with van der Waals surface area (Å²) in [6, 6.07) is 10.3. The van der Waals surface area contributed by atoms with Crippen LogP contribution in [0.5, 0.6) is 0 Å². The van der Waals surface area contributed by atoms with E-state index in [1.165, 1.54) is 24.3 Å². The van der Waals surface area contributed by atoms with E-state index in [-0.39, 0.29) is 24.2 Å². The first-order valence-corrected chi connectivity index (χ1v) is 10.0. The Morgan fingerprint density at radius 3 is 2.52 bits per heavy atom. The van der Waals surface area contributed by atoms with Gasteiger partial charge in [0.2, 0.25) is 5.91 Å². The average molecular weight is 454 g/mol. The summed E-state index contributed by atoms with van der Waals surface area (Å²) in [7, 11) is 0. The second-order valence-electron chi connectivity index (χ2n) is 7.55. The van der Waals surface area contributed by atoms with Crippen LogP contribution in [0.25, 0.3) is 0 Å². The summed E-state index contributed by atoms with van der Waals surface area (Å²) in [6.45, 7) is 3.15. The van der Waals surface area contributed by atoms with E-state index in [1.807, 2.05) is 19.9 Å². The molecule has 1 aliphatic rings. The SMILES string of the molecule is Cc1cccc(NC(=O)COC(=O)[C@@H]2CC(=O)N(NC(=O)c3ccc([N+](=O)[O-])cc3)C2)c1C. The number of nitrogens with one attached hydrogen (secondary N) is 2. The fourth-order valence-electron chi connectivity index (χ4n) is 3.22. The van der Waals surface area contributed by atoms with E-state index >= 15 is 0 Å². The Kier molecular flexibility index (Phi) is 7.01. The number of esters is 1. The van der Waals surface area contributed by atoms with Gasteiger partial charge in [0, 0.05) is 29.8 Å². The van der Waals surface area contributed by atoms with Gasteiger partial charge in [-0.25, -0.2) is 0 Å².